The molecule has 2 heterocycles. The van der Waals surface area contributed by atoms with Crippen molar-refractivity contribution in [3.05, 3.63) is 56.2 Å². The summed E-state index contributed by atoms with van der Waals surface area (Å²) in [5.41, 5.74) is 2.97. The number of thioether (sulfide) groups is 1. The number of hydrogen-bond acceptors (Lipinski definition) is 5. The first-order valence-electron chi connectivity index (χ1n) is 7.91. The fourth-order valence-corrected chi connectivity index (χ4v) is 5.18. The first kappa shape index (κ1) is 15.4. The number of hydrogen-bond donors (Lipinski definition) is 1. The molecule has 1 N–H and O–H groups in total. The Morgan fingerprint density at radius 3 is 2.83 bits per heavy atom. The minimum absolute atomic E-state index is 0.0123. The summed E-state index contributed by atoms with van der Waals surface area (Å²) in [5.74, 6) is 0.714. The molecule has 0 bridgehead atoms. The summed E-state index contributed by atoms with van der Waals surface area (Å²) in [6.45, 7) is 0. The maximum absolute atomic E-state index is 12.5. The Morgan fingerprint density at radius 1 is 1.25 bits per heavy atom. The minimum atomic E-state index is -0.0123. The quantitative estimate of drug-likeness (QED) is 0.570. The van der Waals surface area contributed by atoms with Crippen molar-refractivity contribution in [3.63, 3.8) is 0 Å². The van der Waals surface area contributed by atoms with Crippen molar-refractivity contribution in [2.45, 2.75) is 36.6 Å². The molecule has 0 saturated carbocycles. The smallest absolute Gasteiger partial charge is 0.260 e. The van der Waals surface area contributed by atoms with Gasteiger partial charge in [-0.1, -0.05) is 23.9 Å². The topological polar surface area (TPSA) is 69.5 Å². The number of aromatic nitrogens is 2. The first-order valence-corrected chi connectivity index (χ1v) is 9.71. The van der Waals surface area contributed by atoms with Crippen molar-refractivity contribution in [1.82, 2.24) is 9.97 Å². The molecule has 1 aromatic carbocycles. The lowest BCUT2D eigenvalue weighted by molar-refractivity contribution is 0.700. The van der Waals surface area contributed by atoms with E-state index in [-0.39, 0.29) is 5.56 Å². The zero-order chi connectivity index (χ0) is 16.5. The second-order valence-corrected chi connectivity index (χ2v) is 7.91. The second-order valence-electron chi connectivity index (χ2n) is 5.86. The summed E-state index contributed by atoms with van der Waals surface area (Å²) in [7, 11) is 0. The number of nitrogens with one attached hydrogen (secondary N) is 1. The van der Waals surface area contributed by atoms with E-state index in [1.54, 1.807) is 11.3 Å². The fraction of sp³-hybridized carbons (Fsp3) is 0.278. The first-order chi connectivity index (χ1) is 11.7. The lowest BCUT2D eigenvalue weighted by atomic mass is 9.97. The Balaban J connectivity index is 1.60. The van der Waals surface area contributed by atoms with Gasteiger partial charge in [0.05, 0.1) is 17.0 Å². The number of aryl methyl sites for hydroxylation is 2. The summed E-state index contributed by atoms with van der Waals surface area (Å²) in [4.78, 5) is 22.3. The number of rotatable bonds is 3. The number of nitriles is 1. The van der Waals surface area contributed by atoms with Crippen LogP contribution in [0.15, 0.2) is 34.2 Å². The minimum Gasteiger partial charge on any atom is -0.301 e. The molecule has 6 heteroatoms. The van der Waals surface area contributed by atoms with Gasteiger partial charge in [0.2, 0.25) is 0 Å². The lowest BCUT2D eigenvalue weighted by Crippen LogP contribution is -2.10. The summed E-state index contributed by atoms with van der Waals surface area (Å²) < 4.78 is 0. The Bertz CT molecular complexity index is 996. The molecular formula is C18H15N3OS2. The number of aromatic amines is 1. The molecule has 1 aliphatic carbocycles. The summed E-state index contributed by atoms with van der Waals surface area (Å²) in [5, 5.41) is 10.3. The van der Waals surface area contributed by atoms with Gasteiger partial charge >= 0.3 is 0 Å². The highest BCUT2D eigenvalue weighted by molar-refractivity contribution is 7.98. The van der Waals surface area contributed by atoms with Crippen LogP contribution in [0.3, 0.4) is 0 Å². The van der Waals surface area contributed by atoms with Crippen LogP contribution in [0.5, 0.6) is 0 Å². The van der Waals surface area contributed by atoms with Gasteiger partial charge in [-0.2, -0.15) is 5.26 Å². The molecule has 0 saturated heterocycles. The van der Waals surface area contributed by atoms with Crippen molar-refractivity contribution in [2.24, 2.45) is 0 Å². The van der Waals surface area contributed by atoms with E-state index in [0.29, 0.717) is 16.5 Å². The molecule has 0 radical (unpaired) electrons. The zero-order valence-electron chi connectivity index (χ0n) is 13.0. The maximum Gasteiger partial charge on any atom is 0.260 e. The van der Waals surface area contributed by atoms with E-state index in [4.69, 9.17) is 5.26 Å². The number of benzene rings is 1. The van der Waals surface area contributed by atoms with Crippen LogP contribution in [0, 0.1) is 11.3 Å². The molecule has 4 nitrogen and oxygen atoms in total. The molecule has 0 amide bonds. The molecule has 2 aromatic heterocycles. The van der Waals surface area contributed by atoms with Crippen LogP contribution in [0.25, 0.3) is 10.2 Å². The van der Waals surface area contributed by atoms with Gasteiger partial charge in [0.15, 0.2) is 5.16 Å². The van der Waals surface area contributed by atoms with Gasteiger partial charge in [-0.25, -0.2) is 4.98 Å². The third-order valence-electron chi connectivity index (χ3n) is 4.26. The number of thiophene rings is 1. The van der Waals surface area contributed by atoms with Gasteiger partial charge in [0.25, 0.3) is 5.56 Å². The van der Waals surface area contributed by atoms with Gasteiger partial charge < -0.3 is 4.98 Å². The Morgan fingerprint density at radius 2 is 2.04 bits per heavy atom. The van der Waals surface area contributed by atoms with Crippen LogP contribution in [0.4, 0.5) is 0 Å². The normalized spacial score (nSPS) is 13.6. The van der Waals surface area contributed by atoms with E-state index in [1.165, 1.54) is 28.6 Å². The highest BCUT2D eigenvalue weighted by Crippen LogP contribution is 2.34. The van der Waals surface area contributed by atoms with E-state index in [0.717, 1.165) is 35.0 Å². The van der Waals surface area contributed by atoms with Crippen molar-refractivity contribution >= 4 is 33.3 Å². The number of H-pyrrole nitrogens is 1. The predicted octanol–water partition coefficient (Wildman–Crippen LogP) is 4.03. The highest BCUT2D eigenvalue weighted by atomic mass is 32.2. The molecule has 0 spiro atoms. The Hall–Kier alpha value is -2.10. The van der Waals surface area contributed by atoms with Gasteiger partial charge in [0.1, 0.15) is 4.83 Å². The van der Waals surface area contributed by atoms with Crippen molar-refractivity contribution in [2.75, 3.05) is 0 Å². The van der Waals surface area contributed by atoms with Crippen LogP contribution in [-0.2, 0) is 18.6 Å². The molecular weight excluding hydrogens is 338 g/mol. The molecule has 4 rings (SSSR count). The molecule has 24 heavy (non-hydrogen) atoms. The van der Waals surface area contributed by atoms with Crippen LogP contribution in [0.1, 0.15) is 34.4 Å². The SMILES string of the molecule is N#Cc1ccc(CSc2nc3sc4c(c3c(=O)[nH]2)CCCC4)cc1. The Kier molecular flexibility index (Phi) is 4.13. The molecule has 0 aliphatic heterocycles. The molecule has 3 aromatic rings. The number of nitrogens with zero attached hydrogens (tertiary/aromatic N) is 2. The molecule has 0 atom stereocenters. The largest absolute Gasteiger partial charge is 0.301 e. The van der Waals surface area contributed by atoms with Gasteiger partial charge in [0, 0.05) is 10.6 Å². The predicted molar refractivity (Wildman–Crippen MR) is 97.6 cm³/mol. The van der Waals surface area contributed by atoms with E-state index in [9.17, 15) is 4.79 Å². The van der Waals surface area contributed by atoms with Crippen molar-refractivity contribution < 1.29 is 0 Å². The van der Waals surface area contributed by atoms with Crippen LogP contribution < -0.4 is 5.56 Å². The second kappa shape index (κ2) is 6.42. The van der Waals surface area contributed by atoms with Gasteiger partial charge in [-0.15, -0.1) is 11.3 Å². The van der Waals surface area contributed by atoms with Crippen molar-refractivity contribution in [3.8, 4) is 6.07 Å². The zero-order valence-corrected chi connectivity index (χ0v) is 14.6. The maximum atomic E-state index is 12.5. The fourth-order valence-electron chi connectivity index (χ4n) is 3.04. The van der Waals surface area contributed by atoms with E-state index < -0.39 is 0 Å². The summed E-state index contributed by atoms with van der Waals surface area (Å²) >= 11 is 3.19. The standard InChI is InChI=1S/C18H15N3OS2/c19-9-11-5-7-12(8-6-11)10-23-18-20-16(22)15-13-3-1-2-4-14(13)24-17(15)21-18/h5-8H,1-4,10H2,(H,20,21,22). The van der Waals surface area contributed by atoms with E-state index >= 15 is 0 Å². The van der Waals surface area contributed by atoms with Crippen molar-refractivity contribution in [1.29, 1.82) is 5.26 Å². The Labute approximate surface area is 147 Å². The molecule has 0 unspecified atom stereocenters. The lowest BCUT2D eigenvalue weighted by Gasteiger charge is -2.09. The third-order valence-corrected chi connectivity index (χ3v) is 6.39. The molecule has 0 fully saturated rings. The van der Waals surface area contributed by atoms with E-state index in [2.05, 4.69) is 16.0 Å². The van der Waals surface area contributed by atoms with E-state index in [1.807, 2.05) is 24.3 Å². The molecule has 1 aliphatic rings. The van der Waals surface area contributed by atoms with Crippen LogP contribution in [-0.4, -0.2) is 9.97 Å². The molecule has 120 valence electrons. The van der Waals surface area contributed by atoms with Crippen LogP contribution >= 0.6 is 23.1 Å². The number of fused-ring (bicyclic) bond motifs is 3. The average Bonchev–Trinajstić information content (AvgIpc) is 2.99. The average molecular weight is 353 g/mol. The third kappa shape index (κ3) is 2.85. The summed E-state index contributed by atoms with van der Waals surface area (Å²) in [6.07, 6.45) is 4.44. The monoisotopic (exact) mass is 353 g/mol. The highest BCUT2D eigenvalue weighted by Gasteiger charge is 2.19. The van der Waals surface area contributed by atoms with Gasteiger partial charge in [-0.3, -0.25) is 4.79 Å². The van der Waals surface area contributed by atoms with Gasteiger partial charge in [-0.05, 0) is 48.9 Å². The van der Waals surface area contributed by atoms with Crippen LogP contribution in [0.2, 0.25) is 0 Å². The summed E-state index contributed by atoms with van der Waals surface area (Å²) in [6, 6.07) is 9.60.